The smallest absolute Gasteiger partial charge is 0.236 e. The van der Waals surface area contributed by atoms with Gasteiger partial charge in [-0.3, -0.25) is 9.59 Å². The Morgan fingerprint density at radius 3 is 2.38 bits per heavy atom. The molecule has 2 aromatic carbocycles. The second-order valence-electron chi connectivity index (χ2n) is 12.2. The fourth-order valence-corrected chi connectivity index (χ4v) is 6.83. The van der Waals surface area contributed by atoms with E-state index < -0.39 is 0 Å². The molecule has 0 unspecified atom stereocenters. The number of aryl methyl sites for hydroxylation is 1. The number of fused-ring (bicyclic) bond motifs is 1. The summed E-state index contributed by atoms with van der Waals surface area (Å²) < 4.78 is 17.7. The summed E-state index contributed by atoms with van der Waals surface area (Å²) in [5.74, 6) is 1.57. The maximum absolute atomic E-state index is 11.7. The van der Waals surface area contributed by atoms with Gasteiger partial charge in [0.05, 0.1) is 24.9 Å². The van der Waals surface area contributed by atoms with E-state index in [1.165, 1.54) is 5.56 Å². The zero-order valence-electron chi connectivity index (χ0n) is 29.0. The van der Waals surface area contributed by atoms with Crippen molar-refractivity contribution in [2.24, 2.45) is 0 Å². The zero-order valence-corrected chi connectivity index (χ0v) is 30.5. The van der Waals surface area contributed by atoms with E-state index in [1.54, 1.807) is 21.3 Å². The number of ether oxygens (including phenoxy) is 3. The van der Waals surface area contributed by atoms with Gasteiger partial charge in [0.25, 0.3) is 0 Å². The molecule has 1 aliphatic rings. The highest BCUT2D eigenvalue weighted by molar-refractivity contribution is 6.36. The summed E-state index contributed by atoms with van der Waals surface area (Å²) in [6, 6.07) is 17.9. The Hall–Kier alpha value is -4.18. The van der Waals surface area contributed by atoms with Crippen molar-refractivity contribution in [2.75, 3.05) is 27.8 Å². The average Bonchev–Trinajstić information content (AvgIpc) is 3.55. The summed E-state index contributed by atoms with van der Waals surface area (Å²) in [5.41, 5.74) is 7.46. The Kier molecular flexibility index (Phi) is 13.1. The molecule has 9 nitrogen and oxygen atoms in total. The molecule has 264 valence electrons. The number of benzene rings is 2. The predicted octanol–water partition coefficient (Wildman–Crippen LogP) is 8.12. The average molecular weight is 720 g/mol. The molecule has 2 heterocycles. The number of unbranched alkanes of at least 4 members (excludes halogenated alkanes) is 1. The lowest BCUT2D eigenvalue weighted by atomic mass is 9.94. The first kappa shape index (κ1) is 37.1. The largest absolute Gasteiger partial charge is 0.481 e. The van der Waals surface area contributed by atoms with Crippen LogP contribution in [0.1, 0.15) is 73.8 Å². The van der Waals surface area contributed by atoms with Crippen LogP contribution in [0.4, 0.5) is 0 Å². The van der Waals surface area contributed by atoms with Crippen molar-refractivity contribution >= 4 is 34.9 Å². The molecule has 0 radical (unpaired) electrons. The van der Waals surface area contributed by atoms with Gasteiger partial charge in [0, 0.05) is 61.7 Å². The molecule has 0 saturated heterocycles. The third kappa shape index (κ3) is 8.75. The standard InChI is InChI=1S/C39H44Cl2N4O5/c1-5-26(46)11-7-6-10-24-22-32(40)39(45-37(24)48-3)50-34-19-17-28-27(12-8-13-29(28)34)30-14-9-15-31(36(30)41)33-18-16-25(38(44-33)49-4)23-43-21-20-35(47)42-2/h8-9,12-16,18,22,34,43H,5-7,10-11,17,19-21,23H2,1-4H3,(H,42,47)/t34-/m0/s1. The molecule has 5 rings (SSSR count). The first-order valence-corrected chi connectivity index (χ1v) is 17.8. The van der Waals surface area contributed by atoms with Crippen molar-refractivity contribution in [3.05, 3.63) is 86.9 Å². The van der Waals surface area contributed by atoms with Crippen LogP contribution in [0, 0.1) is 0 Å². The van der Waals surface area contributed by atoms with Crippen LogP contribution in [0.2, 0.25) is 10.0 Å². The minimum Gasteiger partial charge on any atom is -0.481 e. The van der Waals surface area contributed by atoms with Crippen LogP contribution in [-0.4, -0.2) is 49.5 Å². The third-order valence-corrected chi connectivity index (χ3v) is 9.69. The van der Waals surface area contributed by atoms with Gasteiger partial charge in [-0.05, 0) is 60.9 Å². The van der Waals surface area contributed by atoms with E-state index in [9.17, 15) is 9.59 Å². The predicted molar refractivity (Wildman–Crippen MR) is 197 cm³/mol. The number of Topliss-reactive ketones (excluding diaryl/α,β-unsaturated/α-hetero) is 1. The van der Waals surface area contributed by atoms with Gasteiger partial charge >= 0.3 is 0 Å². The molecule has 0 bridgehead atoms. The van der Waals surface area contributed by atoms with Crippen LogP contribution < -0.4 is 24.8 Å². The SMILES string of the molecule is CCC(=O)CCCCc1cc(Cl)c(O[C@H]2CCc3c(-c4cccc(-c5ccc(CNCCC(=O)NC)c(OC)n5)c4Cl)cccc32)nc1OC. The van der Waals surface area contributed by atoms with Crippen molar-refractivity contribution in [3.8, 4) is 40.0 Å². The Bertz CT molecular complexity index is 1830. The van der Waals surface area contributed by atoms with Crippen LogP contribution in [0.3, 0.4) is 0 Å². The lowest BCUT2D eigenvalue weighted by Gasteiger charge is -2.18. The second-order valence-corrected chi connectivity index (χ2v) is 13.0. The first-order chi connectivity index (χ1) is 24.3. The van der Waals surface area contributed by atoms with Gasteiger partial charge in [-0.2, -0.15) is 4.98 Å². The number of aromatic nitrogens is 2. The highest BCUT2D eigenvalue weighted by atomic mass is 35.5. The minimum absolute atomic E-state index is 0.0168. The molecule has 1 aliphatic carbocycles. The monoisotopic (exact) mass is 718 g/mol. The summed E-state index contributed by atoms with van der Waals surface area (Å²) in [5, 5.41) is 6.92. The Morgan fingerprint density at radius 2 is 1.62 bits per heavy atom. The van der Waals surface area contributed by atoms with Crippen molar-refractivity contribution in [2.45, 2.75) is 70.9 Å². The second kappa shape index (κ2) is 17.7. The lowest BCUT2D eigenvalue weighted by molar-refractivity contribution is -0.120. The molecule has 11 heteroatoms. The number of hydrogen-bond acceptors (Lipinski definition) is 8. The normalized spacial score (nSPS) is 13.5. The van der Waals surface area contributed by atoms with E-state index in [4.69, 9.17) is 42.4 Å². The van der Waals surface area contributed by atoms with E-state index in [1.807, 2.05) is 49.4 Å². The molecular formula is C39H44Cl2N4O5. The molecule has 2 N–H and O–H groups in total. The van der Waals surface area contributed by atoms with E-state index in [0.29, 0.717) is 72.2 Å². The molecule has 2 aromatic heterocycles. The molecule has 0 spiro atoms. The molecular weight excluding hydrogens is 675 g/mol. The number of nitrogens with zero attached hydrogens (tertiary/aromatic N) is 2. The lowest BCUT2D eigenvalue weighted by Crippen LogP contribution is -2.24. The third-order valence-electron chi connectivity index (χ3n) is 9.01. The minimum atomic E-state index is -0.240. The molecule has 1 amide bonds. The van der Waals surface area contributed by atoms with Gasteiger partial charge in [-0.15, -0.1) is 0 Å². The van der Waals surface area contributed by atoms with Crippen LogP contribution >= 0.6 is 23.2 Å². The zero-order chi connectivity index (χ0) is 35.6. The number of halogens is 2. The molecule has 50 heavy (non-hydrogen) atoms. The summed E-state index contributed by atoms with van der Waals surface area (Å²) in [6.07, 6.45) is 5.23. The quantitative estimate of drug-likeness (QED) is 0.105. The van der Waals surface area contributed by atoms with E-state index in [0.717, 1.165) is 59.1 Å². The molecule has 1 atom stereocenters. The van der Waals surface area contributed by atoms with Gasteiger partial charge < -0.3 is 24.8 Å². The molecule has 0 saturated carbocycles. The van der Waals surface area contributed by atoms with Crippen molar-refractivity contribution in [1.82, 2.24) is 20.6 Å². The number of rotatable bonds is 17. The number of pyridine rings is 2. The summed E-state index contributed by atoms with van der Waals surface area (Å²) >= 11 is 13.8. The van der Waals surface area contributed by atoms with Gasteiger partial charge in [0.1, 0.15) is 16.9 Å². The summed E-state index contributed by atoms with van der Waals surface area (Å²) in [7, 11) is 4.81. The topological polar surface area (TPSA) is 112 Å². The van der Waals surface area contributed by atoms with Crippen LogP contribution in [0.15, 0.2) is 54.6 Å². The number of carbonyl (C=O) groups is 2. The highest BCUT2D eigenvalue weighted by Crippen LogP contribution is 2.44. The number of nitrogens with one attached hydrogen (secondary N) is 2. The van der Waals surface area contributed by atoms with E-state index in [-0.39, 0.29) is 17.8 Å². The summed E-state index contributed by atoms with van der Waals surface area (Å²) in [6.45, 7) is 2.95. The summed E-state index contributed by atoms with van der Waals surface area (Å²) in [4.78, 5) is 32.6. The fraction of sp³-hybridized carbons (Fsp3) is 0.385. The van der Waals surface area contributed by atoms with E-state index in [2.05, 4.69) is 27.8 Å². The highest BCUT2D eigenvalue weighted by Gasteiger charge is 2.29. The number of ketones is 1. The fourth-order valence-electron chi connectivity index (χ4n) is 6.29. The van der Waals surface area contributed by atoms with Gasteiger partial charge in [-0.1, -0.05) is 72.6 Å². The van der Waals surface area contributed by atoms with Gasteiger partial charge in [-0.25, -0.2) is 4.98 Å². The van der Waals surface area contributed by atoms with Crippen molar-refractivity contribution < 1.29 is 23.8 Å². The van der Waals surface area contributed by atoms with Crippen LogP contribution in [0.25, 0.3) is 22.4 Å². The Morgan fingerprint density at radius 1 is 0.880 bits per heavy atom. The number of methoxy groups -OCH3 is 2. The van der Waals surface area contributed by atoms with Crippen molar-refractivity contribution in [3.63, 3.8) is 0 Å². The number of carbonyl (C=O) groups excluding carboxylic acids is 2. The van der Waals surface area contributed by atoms with Gasteiger partial charge in [0.2, 0.25) is 23.5 Å². The molecule has 4 aromatic rings. The number of hydrogen-bond donors (Lipinski definition) is 2. The molecule has 0 fully saturated rings. The Balaban J connectivity index is 1.34. The Labute approximate surface area is 304 Å². The maximum atomic E-state index is 11.7. The van der Waals surface area contributed by atoms with Crippen molar-refractivity contribution in [1.29, 1.82) is 0 Å². The van der Waals surface area contributed by atoms with E-state index >= 15 is 0 Å². The van der Waals surface area contributed by atoms with Crippen LogP contribution in [-0.2, 0) is 29.0 Å². The maximum Gasteiger partial charge on any atom is 0.236 e. The number of amides is 1. The van der Waals surface area contributed by atoms with Gasteiger partial charge in [0.15, 0.2) is 0 Å². The first-order valence-electron chi connectivity index (χ1n) is 17.1. The molecule has 0 aliphatic heterocycles. The van der Waals surface area contributed by atoms with Crippen LogP contribution in [0.5, 0.6) is 17.6 Å².